The molecule has 116 valence electrons. The Hall–Kier alpha value is -2.00. The largest absolute Gasteiger partial charge is 0.493 e. The SMILES string of the molecule is CCCOc1ccc(C=Nc2ccc(C)c(Cl)c2)cc1OC. The third-order valence-electron chi connectivity index (χ3n) is 3.17. The zero-order valence-corrected chi connectivity index (χ0v) is 13.9. The molecule has 2 aromatic rings. The summed E-state index contributed by atoms with van der Waals surface area (Å²) >= 11 is 6.10. The highest BCUT2D eigenvalue weighted by atomic mass is 35.5. The first-order valence-electron chi connectivity index (χ1n) is 7.25. The van der Waals surface area contributed by atoms with Gasteiger partial charge in [0.25, 0.3) is 0 Å². The van der Waals surface area contributed by atoms with E-state index in [0.717, 1.165) is 34.0 Å². The summed E-state index contributed by atoms with van der Waals surface area (Å²) in [5, 5.41) is 0.718. The summed E-state index contributed by atoms with van der Waals surface area (Å²) < 4.78 is 11.0. The summed E-state index contributed by atoms with van der Waals surface area (Å²) in [5.74, 6) is 1.46. The number of ether oxygens (including phenoxy) is 2. The smallest absolute Gasteiger partial charge is 0.161 e. The summed E-state index contributed by atoms with van der Waals surface area (Å²) in [5.41, 5.74) is 2.80. The quantitative estimate of drug-likeness (QED) is 0.686. The van der Waals surface area contributed by atoms with Crippen molar-refractivity contribution in [3.8, 4) is 11.5 Å². The van der Waals surface area contributed by atoms with Crippen molar-refractivity contribution in [2.24, 2.45) is 4.99 Å². The van der Waals surface area contributed by atoms with Crippen LogP contribution < -0.4 is 9.47 Å². The summed E-state index contributed by atoms with van der Waals surface area (Å²) in [6.45, 7) is 4.71. The zero-order valence-electron chi connectivity index (χ0n) is 13.1. The van der Waals surface area contributed by atoms with Crippen LogP contribution in [0.4, 0.5) is 5.69 Å². The van der Waals surface area contributed by atoms with Crippen molar-refractivity contribution in [2.75, 3.05) is 13.7 Å². The van der Waals surface area contributed by atoms with Gasteiger partial charge < -0.3 is 9.47 Å². The molecule has 0 unspecified atom stereocenters. The molecule has 22 heavy (non-hydrogen) atoms. The fraction of sp³-hybridized carbons (Fsp3) is 0.278. The molecule has 0 heterocycles. The molecule has 0 atom stereocenters. The van der Waals surface area contributed by atoms with Gasteiger partial charge in [-0.1, -0.05) is 24.6 Å². The molecule has 0 aliphatic carbocycles. The molecule has 0 saturated carbocycles. The molecular weight excluding hydrogens is 298 g/mol. The van der Waals surface area contributed by atoms with Crippen molar-refractivity contribution in [3.05, 3.63) is 52.5 Å². The van der Waals surface area contributed by atoms with Crippen LogP contribution in [0, 0.1) is 6.92 Å². The predicted molar refractivity (Wildman–Crippen MR) is 92.2 cm³/mol. The highest BCUT2D eigenvalue weighted by Crippen LogP contribution is 2.28. The van der Waals surface area contributed by atoms with Crippen LogP contribution in [0.15, 0.2) is 41.4 Å². The van der Waals surface area contributed by atoms with E-state index >= 15 is 0 Å². The van der Waals surface area contributed by atoms with Crippen LogP contribution in [0.5, 0.6) is 11.5 Å². The molecule has 0 bridgehead atoms. The van der Waals surface area contributed by atoms with Gasteiger partial charge in [-0.25, -0.2) is 0 Å². The standard InChI is InChI=1S/C18H20ClNO2/c1-4-9-22-17-8-6-14(10-18(17)21-3)12-20-15-7-5-13(2)16(19)11-15/h5-8,10-12H,4,9H2,1-3H3. The van der Waals surface area contributed by atoms with Gasteiger partial charge in [-0.05, 0) is 54.8 Å². The predicted octanol–water partition coefficient (Wildman–Crippen LogP) is 5.20. The number of nitrogens with zero attached hydrogens (tertiary/aromatic N) is 1. The second-order valence-corrected chi connectivity index (χ2v) is 5.36. The lowest BCUT2D eigenvalue weighted by Gasteiger charge is -2.10. The molecular formula is C18H20ClNO2. The van der Waals surface area contributed by atoms with Crippen molar-refractivity contribution in [2.45, 2.75) is 20.3 Å². The average Bonchev–Trinajstić information content (AvgIpc) is 2.54. The molecule has 2 rings (SSSR count). The van der Waals surface area contributed by atoms with Gasteiger partial charge in [-0.15, -0.1) is 0 Å². The number of benzene rings is 2. The molecule has 0 aliphatic heterocycles. The van der Waals surface area contributed by atoms with Crippen LogP contribution in [-0.4, -0.2) is 19.9 Å². The number of hydrogen-bond acceptors (Lipinski definition) is 3. The summed E-state index contributed by atoms with van der Waals surface area (Å²) in [7, 11) is 1.63. The fourth-order valence-corrected chi connectivity index (χ4v) is 2.08. The van der Waals surface area contributed by atoms with Crippen molar-refractivity contribution in [3.63, 3.8) is 0 Å². The Morgan fingerprint density at radius 1 is 1.14 bits per heavy atom. The maximum atomic E-state index is 6.10. The molecule has 0 amide bonds. The Morgan fingerprint density at radius 3 is 2.64 bits per heavy atom. The Balaban J connectivity index is 2.18. The first-order valence-corrected chi connectivity index (χ1v) is 7.63. The first-order chi connectivity index (χ1) is 10.6. The molecule has 3 nitrogen and oxygen atoms in total. The third-order valence-corrected chi connectivity index (χ3v) is 3.57. The van der Waals surface area contributed by atoms with E-state index in [-0.39, 0.29) is 0 Å². The number of halogens is 1. The molecule has 0 aromatic heterocycles. The minimum absolute atomic E-state index is 0.672. The fourth-order valence-electron chi connectivity index (χ4n) is 1.91. The molecule has 0 radical (unpaired) electrons. The van der Waals surface area contributed by atoms with E-state index in [2.05, 4.69) is 11.9 Å². The van der Waals surface area contributed by atoms with Crippen molar-refractivity contribution in [1.82, 2.24) is 0 Å². The van der Waals surface area contributed by atoms with E-state index in [1.54, 1.807) is 13.3 Å². The van der Waals surface area contributed by atoms with Gasteiger partial charge in [0.2, 0.25) is 0 Å². The van der Waals surface area contributed by atoms with Gasteiger partial charge in [0.05, 0.1) is 19.4 Å². The molecule has 0 fully saturated rings. The third kappa shape index (κ3) is 4.25. The summed E-state index contributed by atoms with van der Waals surface area (Å²) in [6, 6.07) is 11.5. The van der Waals surface area contributed by atoms with Gasteiger partial charge in [0, 0.05) is 11.2 Å². The van der Waals surface area contributed by atoms with Gasteiger partial charge in [0.15, 0.2) is 11.5 Å². The van der Waals surface area contributed by atoms with Gasteiger partial charge >= 0.3 is 0 Å². The minimum atomic E-state index is 0.672. The lowest BCUT2D eigenvalue weighted by atomic mass is 10.2. The average molecular weight is 318 g/mol. The van der Waals surface area contributed by atoms with E-state index in [4.69, 9.17) is 21.1 Å². The van der Waals surface area contributed by atoms with E-state index in [9.17, 15) is 0 Å². The number of methoxy groups -OCH3 is 1. The highest BCUT2D eigenvalue weighted by molar-refractivity contribution is 6.31. The highest BCUT2D eigenvalue weighted by Gasteiger charge is 2.04. The number of aryl methyl sites for hydroxylation is 1. The van der Waals surface area contributed by atoms with Crippen molar-refractivity contribution in [1.29, 1.82) is 0 Å². The lowest BCUT2D eigenvalue weighted by Crippen LogP contribution is -1.98. The Kier molecular flexibility index (Phi) is 5.84. The maximum Gasteiger partial charge on any atom is 0.161 e. The Morgan fingerprint density at radius 2 is 1.95 bits per heavy atom. The first kappa shape index (κ1) is 16.4. The molecule has 0 N–H and O–H groups in total. The number of rotatable bonds is 6. The number of hydrogen-bond donors (Lipinski definition) is 0. The van der Waals surface area contributed by atoms with Crippen LogP contribution in [0.2, 0.25) is 5.02 Å². The minimum Gasteiger partial charge on any atom is -0.493 e. The van der Waals surface area contributed by atoms with Gasteiger partial charge in [0.1, 0.15) is 0 Å². The van der Waals surface area contributed by atoms with Gasteiger partial charge in [-0.2, -0.15) is 0 Å². The van der Waals surface area contributed by atoms with Crippen molar-refractivity contribution >= 4 is 23.5 Å². The van der Waals surface area contributed by atoms with Crippen LogP contribution in [0.1, 0.15) is 24.5 Å². The van der Waals surface area contributed by atoms with E-state index < -0.39 is 0 Å². The molecule has 0 aliphatic rings. The maximum absolute atomic E-state index is 6.10. The van der Waals surface area contributed by atoms with Crippen LogP contribution in [-0.2, 0) is 0 Å². The normalized spacial score (nSPS) is 10.9. The summed E-state index contributed by atoms with van der Waals surface area (Å²) in [6.07, 6.45) is 2.74. The zero-order chi connectivity index (χ0) is 15.9. The lowest BCUT2D eigenvalue weighted by molar-refractivity contribution is 0.294. The second kappa shape index (κ2) is 7.85. The van der Waals surface area contributed by atoms with Crippen LogP contribution in [0.25, 0.3) is 0 Å². The van der Waals surface area contributed by atoms with E-state index in [1.807, 2.05) is 43.3 Å². The molecule has 2 aromatic carbocycles. The number of aliphatic imine (C=N–C) groups is 1. The van der Waals surface area contributed by atoms with Crippen molar-refractivity contribution < 1.29 is 9.47 Å². The van der Waals surface area contributed by atoms with Crippen LogP contribution in [0.3, 0.4) is 0 Å². The Labute approximate surface area is 136 Å². The van der Waals surface area contributed by atoms with Gasteiger partial charge in [-0.3, -0.25) is 4.99 Å². The molecule has 0 spiro atoms. The molecule has 4 heteroatoms. The molecule has 0 saturated heterocycles. The van der Waals surface area contributed by atoms with Crippen LogP contribution >= 0.6 is 11.6 Å². The van der Waals surface area contributed by atoms with E-state index in [0.29, 0.717) is 12.4 Å². The monoisotopic (exact) mass is 317 g/mol. The van der Waals surface area contributed by atoms with E-state index in [1.165, 1.54) is 0 Å². The summed E-state index contributed by atoms with van der Waals surface area (Å²) in [4.78, 5) is 4.44. The topological polar surface area (TPSA) is 30.8 Å². The second-order valence-electron chi connectivity index (χ2n) is 4.95. The Bertz CT molecular complexity index is 668.